The zero-order chi connectivity index (χ0) is 14.0. The minimum Gasteiger partial charge on any atom is -0.373 e. The van der Waals surface area contributed by atoms with E-state index < -0.39 is 0 Å². The fourth-order valence-electron chi connectivity index (χ4n) is 4.18. The van der Waals surface area contributed by atoms with Crippen LogP contribution in [0.3, 0.4) is 0 Å². The molecule has 0 aromatic rings. The van der Waals surface area contributed by atoms with E-state index in [0.29, 0.717) is 23.5 Å². The lowest BCUT2D eigenvalue weighted by atomic mass is 9.65. The summed E-state index contributed by atoms with van der Waals surface area (Å²) in [5, 5.41) is 0. The highest BCUT2D eigenvalue weighted by molar-refractivity contribution is 4.99. The summed E-state index contributed by atoms with van der Waals surface area (Å²) in [5.41, 5.74) is 0.342. The first-order valence-electron chi connectivity index (χ1n) is 8.38. The van der Waals surface area contributed by atoms with E-state index in [2.05, 4.69) is 39.5 Å². The molecule has 19 heavy (non-hydrogen) atoms. The maximum Gasteiger partial charge on any atom is 0.0737 e. The first kappa shape index (κ1) is 15.3. The molecule has 0 aliphatic carbocycles. The predicted molar refractivity (Wildman–Crippen MR) is 81.4 cm³/mol. The Morgan fingerprint density at radius 3 is 2.42 bits per heavy atom. The molecule has 2 fully saturated rings. The maximum absolute atomic E-state index is 6.37. The quantitative estimate of drug-likeness (QED) is 0.765. The van der Waals surface area contributed by atoms with Crippen LogP contribution in [-0.4, -0.2) is 36.7 Å². The van der Waals surface area contributed by atoms with Crippen LogP contribution in [0.2, 0.25) is 0 Å². The Bertz CT molecular complexity index is 287. The number of rotatable bonds is 4. The summed E-state index contributed by atoms with van der Waals surface area (Å²) in [5.74, 6) is 1.41. The van der Waals surface area contributed by atoms with Crippen LogP contribution in [0.15, 0.2) is 0 Å². The third-order valence-electron chi connectivity index (χ3n) is 6.35. The molecule has 0 bridgehead atoms. The molecule has 2 heterocycles. The SMILES string of the molecule is CCC(C)[C@]1(C)[C@H](C)O[C@H](CN2CCCCC2)[C@H]1C. The van der Waals surface area contributed by atoms with Gasteiger partial charge in [-0.05, 0) is 44.7 Å². The van der Waals surface area contributed by atoms with Crippen LogP contribution in [0.5, 0.6) is 0 Å². The fourth-order valence-corrected chi connectivity index (χ4v) is 4.18. The Labute approximate surface area is 119 Å². The molecule has 2 saturated heterocycles. The van der Waals surface area contributed by atoms with Crippen molar-refractivity contribution in [1.82, 2.24) is 4.90 Å². The van der Waals surface area contributed by atoms with Gasteiger partial charge in [0.25, 0.3) is 0 Å². The molecule has 0 spiro atoms. The van der Waals surface area contributed by atoms with Gasteiger partial charge >= 0.3 is 0 Å². The van der Waals surface area contributed by atoms with Gasteiger partial charge in [-0.25, -0.2) is 0 Å². The normalized spacial score (nSPS) is 42.5. The van der Waals surface area contributed by atoms with Crippen LogP contribution in [0.1, 0.15) is 60.3 Å². The van der Waals surface area contributed by atoms with E-state index in [9.17, 15) is 0 Å². The minimum absolute atomic E-state index is 0.342. The van der Waals surface area contributed by atoms with E-state index in [1.165, 1.54) is 38.8 Å². The topological polar surface area (TPSA) is 12.5 Å². The van der Waals surface area contributed by atoms with E-state index in [1.54, 1.807) is 0 Å². The molecule has 2 aliphatic heterocycles. The standard InChI is InChI=1S/C17H33NO/c1-6-13(2)17(5)14(3)16(19-15(17)4)12-18-10-8-7-9-11-18/h13-16H,6-12H2,1-5H3/t13?,14-,15+,16-,17+/m1/s1. The van der Waals surface area contributed by atoms with E-state index in [1.807, 2.05) is 0 Å². The highest BCUT2D eigenvalue weighted by Crippen LogP contribution is 2.49. The molecule has 0 amide bonds. The number of piperidine rings is 1. The lowest BCUT2D eigenvalue weighted by Crippen LogP contribution is -2.41. The smallest absolute Gasteiger partial charge is 0.0737 e. The molecule has 0 radical (unpaired) electrons. The van der Waals surface area contributed by atoms with Gasteiger partial charge in [-0.1, -0.05) is 40.5 Å². The number of hydrogen-bond donors (Lipinski definition) is 0. The zero-order valence-electron chi connectivity index (χ0n) is 13.6. The molecule has 1 unspecified atom stereocenters. The Hall–Kier alpha value is -0.0800. The average Bonchev–Trinajstić information content (AvgIpc) is 2.64. The van der Waals surface area contributed by atoms with Crippen molar-refractivity contribution in [3.63, 3.8) is 0 Å². The van der Waals surface area contributed by atoms with Crippen molar-refractivity contribution in [2.75, 3.05) is 19.6 Å². The molecular weight excluding hydrogens is 234 g/mol. The predicted octanol–water partition coefficient (Wildman–Crippen LogP) is 3.95. The third kappa shape index (κ3) is 2.85. The maximum atomic E-state index is 6.37. The molecule has 2 nitrogen and oxygen atoms in total. The molecule has 0 saturated carbocycles. The highest BCUT2D eigenvalue weighted by Gasteiger charge is 2.51. The van der Waals surface area contributed by atoms with Gasteiger partial charge < -0.3 is 9.64 Å². The van der Waals surface area contributed by atoms with Gasteiger partial charge in [-0.2, -0.15) is 0 Å². The van der Waals surface area contributed by atoms with Crippen molar-refractivity contribution < 1.29 is 4.74 Å². The summed E-state index contributed by atoms with van der Waals surface area (Å²) in [7, 11) is 0. The van der Waals surface area contributed by atoms with Gasteiger partial charge in [-0.15, -0.1) is 0 Å². The first-order valence-corrected chi connectivity index (χ1v) is 8.38. The van der Waals surface area contributed by atoms with Crippen molar-refractivity contribution in [2.45, 2.75) is 72.5 Å². The Morgan fingerprint density at radius 1 is 1.21 bits per heavy atom. The van der Waals surface area contributed by atoms with E-state index in [4.69, 9.17) is 4.74 Å². The minimum atomic E-state index is 0.342. The summed E-state index contributed by atoms with van der Waals surface area (Å²) in [6.45, 7) is 15.6. The summed E-state index contributed by atoms with van der Waals surface area (Å²) in [6, 6.07) is 0. The molecule has 0 aromatic heterocycles. The molecule has 2 heteroatoms. The summed E-state index contributed by atoms with van der Waals surface area (Å²) < 4.78 is 6.37. The van der Waals surface area contributed by atoms with Crippen molar-refractivity contribution in [1.29, 1.82) is 0 Å². The van der Waals surface area contributed by atoms with Crippen LogP contribution >= 0.6 is 0 Å². The van der Waals surface area contributed by atoms with Crippen molar-refractivity contribution in [3.8, 4) is 0 Å². The summed E-state index contributed by atoms with van der Waals surface area (Å²) >= 11 is 0. The van der Waals surface area contributed by atoms with E-state index in [-0.39, 0.29) is 0 Å². The van der Waals surface area contributed by atoms with Gasteiger partial charge in [0.15, 0.2) is 0 Å². The molecule has 2 aliphatic rings. The lowest BCUT2D eigenvalue weighted by molar-refractivity contribution is -0.00166. The van der Waals surface area contributed by atoms with Crippen LogP contribution in [-0.2, 0) is 4.74 Å². The van der Waals surface area contributed by atoms with Crippen molar-refractivity contribution in [3.05, 3.63) is 0 Å². The Balaban J connectivity index is 2.00. The number of ether oxygens (including phenoxy) is 1. The second-order valence-corrected chi connectivity index (χ2v) is 7.14. The van der Waals surface area contributed by atoms with E-state index >= 15 is 0 Å². The third-order valence-corrected chi connectivity index (χ3v) is 6.35. The monoisotopic (exact) mass is 267 g/mol. The van der Waals surface area contributed by atoms with Crippen LogP contribution in [0.25, 0.3) is 0 Å². The average molecular weight is 267 g/mol. The van der Waals surface area contributed by atoms with Crippen LogP contribution in [0, 0.1) is 17.3 Å². The molecule has 2 rings (SSSR count). The fraction of sp³-hybridized carbons (Fsp3) is 1.00. The van der Waals surface area contributed by atoms with Gasteiger partial charge in [-0.3, -0.25) is 0 Å². The molecule has 0 N–H and O–H groups in total. The van der Waals surface area contributed by atoms with Crippen LogP contribution < -0.4 is 0 Å². The van der Waals surface area contributed by atoms with Crippen LogP contribution in [0.4, 0.5) is 0 Å². The van der Waals surface area contributed by atoms with Crippen molar-refractivity contribution >= 4 is 0 Å². The van der Waals surface area contributed by atoms with Crippen molar-refractivity contribution in [2.24, 2.45) is 17.3 Å². The lowest BCUT2D eigenvalue weighted by Gasteiger charge is -2.38. The summed E-state index contributed by atoms with van der Waals surface area (Å²) in [6.07, 6.45) is 6.25. The van der Waals surface area contributed by atoms with Gasteiger partial charge in [0.2, 0.25) is 0 Å². The second kappa shape index (κ2) is 6.13. The molecular formula is C17H33NO. The van der Waals surface area contributed by atoms with E-state index in [0.717, 1.165) is 12.5 Å². The number of hydrogen-bond acceptors (Lipinski definition) is 2. The molecule has 0 aromatic carbocycles. The largest absolute Gasteiger partial charge is 0.373 e. The second-order valence-electron chi connectivity index (χ2n) is 7.14. The molecule has 5 atom stereocenters. The van der Waals surface area contributed by atoms with Gasteiger partial charge in [0, 0.05) is 12.0 Å². The highest BCUT2D eigenvalue weighted by atomic mass is 16.5. The number of nitrogens with zero attached hydrogens (tertiary/aromatic N) is 1. The summed E-state index contributed by atoms with van der Waals surface area (Å²) in [4.78, 5) is 2.62. The Morgan fingerprint density at radius 2 is 1.84 bits per heavy atom. The van der Waals surface area contributed by atoms with Gasteiger partial charge in [0.1, 0.15) is 0 Å². The van der Waals surface area contributed by atoms with Gasteiger partial charge in [0.05, 0.1) is 12.2 Å². The number of likely N-dealkylation sites (tertiary alicyclic amines) is 1. The zero-order valence-corrected chi connectivity index (χ0v) is 13.6. The Kier molecular flexibility index (Phi) is 4.94. The molecule has 112 valence electrons. The first-order chi connectivity index (χ1) is 9.00.